The molecule has 0 saturated carbocycles. The highest BCUT2D eigenvalue weighted by molar-refractivity contribution is 5.89. The third kappa shape index (κ3) is 6.97. The summed E-state index contributed by atoms with van der Waals surface area (Å²) in [6, 6.07) is 13.3. The molecule has 2 rings (SSSR count). The highest BCUT2D eigenvalue weighted by Crippen LogP contribution is 2.31. The van der Waals surface area contributed by atoms with Gasteiger partial charge in [-0.1, -0.05) is 58.4 Å². The summed E-state index contributed by atoms with van der Waals surface area (Å²) < 4.78 is 17.1. The van der Waals surface area contributed by atoms with E-state index < -0.39 is 5.97 Å². The molecule has 2 aromatic rings. The first kappa shape index (κ1) is 22.5. The highest BCUT2D eigenvalue weighted by Gasteiger charge is 2.19. The summed E-state index contributed by atoms with van der Waals surface area (Å²) in [6.45, 7) is 11.5. The number of carbonyl (C=O) groups is 1. The molecule has 0 bridgehead atoms. The van der Waals surface area contributed by atoms with E-state index in [9.17, 15) is 4.79 Å². The fourth-order valence-corrected chi connectivity index (χ4v) is 2.82. The largest absolute Gasteiger partial charge is 0.490 e. The average molecular weight is 397 g/mol. The van der Waals surface area contributed by atoms with E-state index in [0.717, 1.165) is 29.7 Å². The molecule has 4 nitrogen and oxygen atoms in total. The van der Waals surface area contributed by atoms with Gasteiger partial charge < -0.3 is 14.2 Å². The number of esters is 1. The first-order valence-corrected chi connectivity index (χ1v) is 10.2. The Labute approximate surface area is 174 Å². The number of hydrogen-bond acceptors (Lipinski definition) is 4. The third-order valence-electron chi connectivity index (χ3n) is 4.34. The monoisotopic (exact) mass is 396 g/mol. The van der Waals surface area contributed by atoms with E-state index in [2.05, 4.69) is 27.7 Å². The molecule has 0 amide bonds. The summed E-state index contributed by atoms with van der Waals surface area (Å²) in [5.74, 6) is 1.57. The lowest BCUT2D eigenvalue weighted by molar-refractivity contribution is -0.128. The van der Waals surface area contributed by atoms with E-state index in [0.29, 0.717) is 24.7 Å². The van der Waals surface area contributed by atoms with Crippen LogP contribution in [0.3, 0.4) is 0 Å². The van der Waals surface area contributed by atoms with Crippen molar-refractivity contribution in [3.63, 3.8) is 0 Å². The molecule has 0 aliphatic heterocycles. The number of rotatable bonds is 9. The summed E-state index contributed by atoms with van der Waals surface area (Å²) in [7, 11) is 0. The van der Waals surface area contributed by atoms with Crippen LogP contribution in [0.5, 0.6) is 17.2 Å². The average Bonchev–Trinajstić information content (AvgIpc) is 2.68. The molecular formula is C25H32O4. The number of carbonyl (C=O) groups excluding carboxylic acids is 1. The van der Waals surface area contributed by atoms with E-state index in [1.54, 1.807) is 6.08 Å². The lowest BCUT2D eigenvalue weighted by atomic mass is 9.86. The lowest BCUT2D eigenvalue weighted by Crippen LogP contribution is -2.15. The van der Waals surface area contributed by atoms with Crippen LogP contribution in [0.2, 0.25) is 0 Å². The Morgan fingerprint density at radius 2 is 1.72 bits per heavy atom. The SMILES string of the molecule is CCCCOc1ccc(/C=C/C(=O)Oc2ccccc2C(C)(C)C)cc1OCC. The minimum Gasteiger partial charge on any atom is -0.490 e. The normalized spacial score (nSPS) is 11.5. The summed E-state index contributed by atoms with van der Waals surface area (Å²) in [5.41, 5.74) is 1.73. The molecule has 0 spiro atoms. The molecule has 0 fully saturated rings. The molecule has 0 aromatic heterocycles. The van der Waals surface area contributed by atoms with Crippen molar-refractivity contribution in [2.75, 3.05) is 13.2 Å². The van der Waals surface area contributed by atoms with Gasteiger partial charge in [0.05, 0.1) is 13.2 Å². The van der Waals surface area contributed by atoms with Crippen LogP contribution in [0, 0.1) is 0 Å². The Morgan fingerprint density at radius 3 is 2.41 bits per heavy atom. The van der Waals surface area contributed by atoms with Crippen LogP contribution < -0.4 is 14.2 Å². The van der Waals surface area contributed by atoms with Gasteiger partial charge in [-0.2, -0.15) is 0 Å². The maximum Gasteiger partial charge on any atom is 0.336 e. The Kier molecular flexibility index (Phi) is 8.32. The van der Waals surface area contributed by atoms with Crippen LogP contribution in [0.15, 0.2) is 48.5 Å². The Bertz CT molecular complexity index is 831. The number of unbranched alkanes of at least 4 members (excludes halogenated alkanes) is 1. The molecule has 0 unspecified atom stereocenters. The topological polar surface area (TPSA) is 44.8 Å². The number of benzene rings is 2. The lowest BCUT2D eigenvalue weighted by Gasteiger charge is -2.21. The van der Waals surface area contributed by atoms with E-state index in [-0.39, 0.29) is 5.41 Å². The van der Waals surface area contributed by atoms with Crippen molar-refractivity contribution < 1.29 is 19.0 Å². The second-order valence-electron chi connectivity index (χ2n) is 7.84. The zero-order chi connectivity index (χ0) is 21.3. The standard InChI is InChI=1S/C25H32O4/c1-6-8-17-28-22-15-13-19(18-23(22)27-7-2)14-16-24(26)29-21-12-10-9-11-20(21)25(3,4)5/h9-16,18H,6-8,17H2,1-5H3/b16-14+. The predicted molar refractivity (Wildman–Crippen MR) is 118 cm³/mol. The smallest absolute Gasteiger partial charge is 0.336 e. The van der Waals surface area contributed by atoms with Gasteiger partial charge in [0.25, 0.3) is 0 Å². The first-order valence-electron chi connectivity index (χ1n) is 10.2. The van der Waals surface area contributed by atoms with E-state index in [1.165, 1.54) is 6.08 Å². The molecule has 0 N–H and O–H groups in total. The van der Waals surface area contributed by atoms with Crippen LogP contribution in [-0.2, 0) is 10.2 Å². The summed E-state index contributed by atoms with van der Waals surface area (Å²) in [6.07, 6.45) is 5.23. The van der Waals surface area contributed by atoms with Crippen LogP contribution in [0.1, 0.15) is 58.6 Å². The number of para-hydroxylation sites is 1. The van der Waals surface area contributed by atoms with Gasteiger partial charge >= 0.3 is 5.97 Å². The Balaban J connectivity index is 2.11. The molecule has 4 heteroatoms. The van der Waals surface area contributed by atoms with Crippen LogP contribution >= 0.6 is 0 Å². The second-order valence-corrected chi connectivity index (χ2v) is 7.84. The van der Waals surface area contributed by atoms with Gasteiger partial charge in [0, 0.05) is 11.6 Å². The van der Waals surface area contributed by atoms with E-state index in [4.69, 9.17) is 14.2 Å². The predicted octanol–water partition coefficient (Wildman–Crippen LogP) is 6.18. The molecule has 0 aliphatic carbocycles. The fourth-order valence-electron chi connectivity index (χ4n) is 2.82. The van der Waals surface area contributed by atoms with Gasteiger partial charge in [-0.25, -0.2) is 4.79 Å². The third-order valence-corrected chi connectivity index (χ3v) is 4.34. The molecular weight excluding hydrogens is 364 g/mol. The maximum atomic E-state index is 12.4. The number of hydrogen-bond donors (Lipinski definition) is 0. The van der Waals surface area contributed by atoms with Crippen molar-refractivity contribution in [1.82, 2.24) is 0 Å². The van der Waals surface area contributed by atoms with Gasteiger partial charge in [0.1, 0.15) is 5.75 Å². The Morgan fingerprint density at radius 1 is 0.966 bits per heavy atom. The highest BCUT2D eigenvalue weighted by atomic mass is 16.5. The molecule has 0 aliphatic rings. The summed E-state index contributed by atoms with van der Waals surface area (Å²) in [4.78, 5) is 12.4. The molecule has 0 saturated heterocycles. The summed E-state index contributed by atoms with van der Waals surface area (Å²) >= 11 is 0. The van der Waals surface area contributed by atoms with E-state index in [1.807, 2.05) is 49.4 Å². The van der Waals surface area contributed by atoms with Gasteiger partial charge in [0.15, 0.2) is 11.5 Å². The van der Waals surface area contributed by atoms with E-state index >= 15 is 0 Å². The van der Waals surface area contributed by atoms with Crippen molar-refractivity contribution >= 4 is 12.0 Å². The molecule has 0 radical (unpaired) electrons. The van der Waals surface area contributed by atoms with Gasteiger partial charge in [-0.3, -0.25) is 0 Å². The first-order chi connectivity index (χ1) is 13.8. The molecule has 0 heterocycles. The summed E-state index contributed by atoms with van der Waals surface area (Å²) in [5, 5.41) is 0. The zero-order valence-electron chi connectivity index (χ0n) is 18.2. The minimum atomic E-state index is -0.414. The van der Waals surface area contributed by atoms with Crippen LogP contribution in [0.4, 0.5) is 0 Å². The van der Waals surface area contributed by atoms with Crippen molar-refractivity contribution in [3.05, 3.63) is 59.7 Å². The zero-order valence-corrected chi connectivity index (χ0v) is 18.2. The molecule has 0 atom stereocenters. The fraction of sp³-hybridized carbons (Fsp3) is 0.400. The number of ether oxygens (including phenoxy) is 3. The Hall–Kier alpha value is -2.75. The second kappa shape index (κ2) is 10.7. The molecule has 2 aromatic carbocycles. The van der Waals surface area contributed by atoms with Crippen LogP contribution in [0.25, 0.3) is 6.08 Å². The van der Waals surface area contributed by atoms with Crippen molar-refractivity contribution in [2.45, 2.75) is 52.9 Å². The molecule has 156 valence electrons. The van der Waals surface area contributed by atoms with Crippen molar-refractivity contribution in [3.8, 4) is 17.2 Å². The van der Waals surface area contributed by atoms with Crippen molar-refractivity contribution in [1.29, 1.82) is 0 Å². The van der Waals surface area contributed by atoms with Crippen LogP contribution in [-0.4, -0.2) is 19.2 Å². The maximum absolute atomic E-state index is 12.4. The quantitative estimate of drug-likeness (QED) is 0.220. The van der Waals surface area contributed by atoms with Gasteiger partial charge in [0.2, 0.25) is 0 Å². The molecule has 29 heavy (non-hydrogen) atoms. The minimum absolute atomic E-state index is 0.111. The van der Waals surface area contributed by atoms with Gasteiger partial charge in [-0.05, 0) is 48.6 Å². The van der Waals surface area contributed by atoms with Crippen molar-refractivity contribution in [2.24, 2.45) is 0 Å². The van der Waals surface area contributed by atoms with Gasteiger partial charge in [-0.15, -0.1) is 0 Å².